The zero-order chi connectivity index (χ0) is 25.7. The number of para-hydroxylation sites is 1. The van der Waals surface area contributed by atoms with Gasteiger partial charge in [0.05, 0.1) is 12.3 Å². The fraction of sp³-hybridized carbons (Fsp3) is 0.435. The molecular weight excluding hydrogens is 452 g/mol. The maximum atomic E-state index is 12.7. The third-order valence-electron chi connectivity index (χ3n) is 4.46. The van der Waals surface area contributed by atoms with E-state index in [1.807, 2.05) is 6.07 Å². The van der Waals surface area contributed by atoms with Crippen LogP contribution in [0.1, 0.15) is 26.3 Å². The average molecular weight is 485 g/mol. The lowest BCUT2D eigenvalue weighted by molar-refractivity contribution is 0.0587. The Morgan fingerprint density at radius 1 is 1.15 bits per heavy atom. The van der Waals surface area contributed by atoms with Crippen LogP contribution < -0.4 is 20.3 Å². The van der Waals surface area contributed by atoms with Gasteiger partial charge in [0.2, 0.25) is 11.8 Å². The molecule has 2 N–H and O–H groups in total. The van der Waals surface area contributed by atoms with E-state index >= 15 is 0 Å². The first-order valence-corrected chi connectivity index (χ1v) is 14.5. The number of nitrogens with zero attached hydrogens (tertiary/aromatic N) is 5. The zero-order valence-electron chi connectivity index (χ0n) is 20.7. The maximum Gasteiger partial charge on any atom is 0.416 e. The number of hydrogen-bond acceptors (Lipinski definition) is 7. The molecule has 1 heterocycles. The van der Waals surface area contributed by atoms with E-state index in [0.29, 0.717) is 12.3 Å². The molecule has 10 nitrogen and oxygen atoms in total. The normalized spacial score (nSPS) is 11.4. The largest absolute Gasteiger partial charge is 0.477 e. The minimum atomic E-state index is -1.45. The minimum Gasteiger partial charge on any atom is -0.477 e. The number of rotatable bonds is 7. The Balaban J connectivity index is 2.65. The number of urea groups is 1. The predicted octanol–water partition coefficient (Wildman–Crippen LogP) is 4.65. The lowest BCUT2D eigenvalue weighted by atomic mass is 10.2. The Morgan fingerprint density at radius 3 is 2.26 bits per heavy atom. The van der Waals surface area contributed by atoms with Crippen molar-refractivity contribution in [1.82, 2.24) is 9.97 Å². The third-order valence-corrected chi connectivity index (χ3v) is 6.17. The van der Waals surface area contributed by atoms with Gasteiger partial charge in [0.15, 0.2) is 11.4 Å². The number of aromatic nitrogens is 2. The summed E-state index contributed by atoms with van der Waals surface area (Å²) in [4.78, 5) is 36.0. The molecule has 0 radical (unpaired) electrons. The topological polar surface area (TPSA) is 135 Å². The van der Waals surface area contributed by atoms with Crippen LogP contribution >= 0.6 is 0 Å². The van der Waals surface area contributed by atoms with Gasteiger partial charge in [0.25, 0.3) is 0 Å². The van der Waals surface area contributed by atoms with Crippen LogP contribution in [0.3, 0.4) is 0 Å². The number of hydrogen-bond donors (Lipinski definition) is 1. The van der Waals surface area contributed by atoms with Crippen LogP contribution in [-0.2, 0) is 4.74 Å². The summed E-state index contributed by atoms with van der Waals surface area (Å²) in [5, 5.41) is 9.94. The van der Waals surface area contributed by atoms with Gasteiger partial charge >= 0.3 is 12.1 Å². The van der Waals surface area contributed by atoms with Gasteiger partial charge in [-0.25, -0.2) is 19.4 Å². The van der Waals surface area contributed by atoms with Crippen LogP contribution in [0.15, 0.2) is 30.3 Å². The molecule has 1 aromatic heterocycles. The van der Waals surface area contributed by atoms with Gasteiger partial charge in [-0.3, -0.25) is 0 Å². The van der Waals surface area contributed by atoms with E-state index in [4.69, 9.17) is 15.2 Å². The van der Waals surface area contributed by atoms with E-state index in [1.54, 1.807) is 51.1 Å². The summed E-state index contributed by atoms with van der Waals surface area (Å²) in [6, 6.07) is 10.5. The Kier molecular flexibility index (Phi) is 8.23. The second kappa shape index (κ2) is 10.5. The molecule has 0 aliphatic heterocycles. The van der Waals surface area contributed by atoms with Crippen molar-refractivity contribution in [2.75, 3.05) is 23.5 Å². The van der Waals surface area contributed by atoms with Gasteiger partial charge in [0, 0.05) is 15.1 Å². The van der Waals surface area contributed by atoms with Gasteiger partial charge in [-0.2, -0.15) is 15.2 Å². The summed E-state index contributed by atoms with van der Waals surface area (Å²) in [6.07, 6.45) is -0.707. The molecule has 0 aliphatic rings. The fourth-order valence-corrected chi connectivity index (χ4v) is 3.44. The summed E-state index contributed by atoms with van der Waals surface area (Å²) >= 11 is 0. The van der Waals surface area contributed by atoms with Gasteiger partial charge in [-0.05, 0) is 38.9 Å². The molecule has 0 saturated carbocycles. The Labute approximate surface area is 201 Å². The maximum absolute atomic E-state index is 12.7. The highest BCUT2D eigenvalue weighted by Gasteiger charge is 2.29. The highest BCUT2D eigenvalue weighted by molar-refractivity contribution is 6.76. The number of anilines is 3. The van der Waals surface area contributed by atoms with Crippen molar-refractivity contribution in [2.24, 2.45) is 5.73 Å². The van der Waals surface area contributed by atoms with Crippen LogP contribution in [0.25, 0.3) is 0 Å². The molecule has 0 fully saturated rings. The number of ether oxygens (including phenoxy) is 2. The van der Waals surface area contributed by atoms with Crippen LogP contribution in [0.2, 0.25) is 25.7 Å². The molecule has 34 heavy (non-hydrogen) atoms. The third kappa shape index (κ3) is 7.18. The molecule has 11 heteroatoms. The first-order chi connectivity index (χ1) is 15.7. The van der Waals surface area contributed by atoms with Crippen LogP contribution in [-0.4, -0.2) is 49.4 Å². The average Bonchev–Trinajstić information content (AvgIpc) is 2.71. The van der Waals surface area contributed by atoms with Crippen molar-refractivity contribution in [3.63, 3.8) is 0 Å². The SMILES string of the molecule is CN(C(=O)OC(C)(C)C)c1nc(OCC[Si](C)(C)C)c(C#N)c(N(C(N)=O)c2ccccc2)n1. The number of primary amides is 1. The number of nitrogens with two attached hydrogens (primary N) is 1. The van der Waals surface area contributed by atoms with Gasteiger partial charge in [-0.1, -0.05) is 37.8 Å². The lowest BCUT2D eigenvalue weighted by Crippen LogP contribution is -2.36. The van der Waals surface area contributed by atoms with E-state index in [0.717, 1.165) is 15.8 Å². The molecule has 0 unspecified atom stereocenters. The van der Waals surface area contributed by atoms with E-state index in [1.165, 1.54) is 7.05 Å². The molecule has 0 saturated heterocycles. The number of benzene rings is 1. The Hall–Kier alpha value is -3.65. The highest BCUT2D eigenvalue weighted by Crippen LogP contribution is 2.33. The summed E-state index contributed by atoms with van der Waals surface area (Å²) in [5.41, 5.74) is 5.25. The quantitative estimate of drug-likeness (QED) is 0.565. The summed E-state index contributed by atoms with van der Waals surface area (Å²) in [6.45, 7) is 12.1. The standard InChI is InChI=1S/C23H32N6O4Si/c1-23(2,3)33-22(31)28(4)21-26-18(29(20(25)30)16-11-9-8-10-12-16)17(15-24)19(27-21)32-13-14-34(5,6)7/h8-12H,13-14H2,1-7H3,(H2,25,30). The van der Waals surface area contributed by atoms with Crippen molar-refractivity contribution in [3.8, 4) is 11.9 Å². The van der Waals surface area contributed by atoms with Gasteiger partial charge < -0.3 is 15.2 Å². The van der Waals surface area contributed by atoms with Crippen LogP contribution in [0.5, 0.6) is 5.88 Å². The second-order valence-corrected chi connectivity index (χ2v) is 15.5. The molecule has 3 amide bonds. The summed E-state index contributed by atoms with van der Waals surface area (Å²) in [5.74, 6) is -0.239. The molecule has 1 aromatic carbocycles. The predicted molar refractivity (Wildman–Crippen MR) is 133 cm³/mol. The molecular formula is C23H32N6O4Si. The van der Waals surface area contributed by atoms with Crippen molar-refractivity contribution >= 4 is 37.7 Å². The first-order valence-electron chi connectivity index (χ1n) is 10.8. The van der Waals surface area contributed by atoms with E-state index in [9.17, 15) is 14.9 Å². The molecule has 0 bridgehead atoms. The van der Waals surface area contributed by atoms with Crippen LogP contribution in [0.4, 0.5) is 27.0 Å². The Morgan fingerprint density at radius 2 is 1.76 bits per heavy atom. The van der Waals surface area contributed by atoms with E-state index < -0.39 is 25.8 Å². The van der Waals surface area contributed by atoms with Crippen molar-refractivity contribution in [1.29, 1.82) is 5.26 Å². The molecule has 0 aliphatic carbocycles. The highest BCUT2D eigenvalue weighted by atomic mass is 28.3. The minimum absolute atomic E-state index is 0.0432. The van der Waals surface area contributed by atoms with Crippen molar-refractivity contribution in [2.45, 2.75) is 52.1 Å². The molecule has 0 atom stereocenters. The summed E-state index contributed by atoms with van der Waals surface area (Å²) < 4.78 is 11.3. The monoisotopic (exact) mass is 484 g/mol. The van der Waals surface area contributed by atoms with Crippen LogP contribution in [0, 0.1) is 11.3 Å². The molecule has 2 rings (SSSR count). The first kappa shape index (κ1) is 26.6. The summed E-state index contributed by atoms with van der Waals surface area (Å²) in [7, 11) is -0.0123. The fourth-order valence-electron chi connectivity index (χ4n) is 2.73. The number of nitriles is 1. The van der Waals surface area contributed by atoms with Gasteiger partial charge in [-0.15, -0.1) is 0 Å². The molecule has 0 spiro atoms. The second-order valence-electron chi connectivity index (χ2n) is 9.85. The zero-order valence-corrected chi connectivity index (χ0v) is 21.7. The number of carbonyl (C=O) groups excluding carboxylic acids is 2. The number of amides is 3. The smallest absolute Gasteiger partial charge is 0.416 e. The van der Waals surface area contributed by atoms with Gasteiger partial charge in [0.1, 0.15) is 11.7 Å². The lowest BCUT2D eigenvalue weighted by Gasteiger charge is -2.26. The molecule has 2 aromatic rings. The van der Waals surface area contributed by atoms with E-state index in [2.05, 4.69) is 29.6 Å². The van der Waals surface area contributed by atoms with Crippen molar-refractivity contribution in [3.05, 3.63) is 35.9 Å². The van der Waals surface area contributed by atoms with E-state index in [-0.39, 0.29) is 23.2 Å². The Bertz CT molecular complexity index is 1070. The van der Waals surface area contributed by atoms with Crippen molar-refractivity contribution < 1.29 is 19.1 Å². The molecule has 182 valence electrons. The number of carbonyl (C=O) groups is 2.